The van der Waals surface area contributed by atoms with Gasteiger partial charge in [-0.3, -0.25) is 9.59 Å². The number of nitrogens with two attached hydrogens (primary N) is 1. The predicted molar refractivity (Wildman–Crippen MR) is 177 cm³/mol. The normalized spacial score (nSPS) is 10.7. The van der Waals surface area contributed by atoms with Crippen LogP contribution in [0.15, 0.2) is 126 Å². The van der Waals surface area contributed by atoms with Crippen molar-refractivity contribution >= 4 is 27.8 Å². The first-order valence-corrected chi connectivity index (χ1v) is 15.2. The monoisotopic (exact) mass is 705 g/mol. The van der Waals surface area contributed by atoms with Crippen LogP contribution in [0, 0.1) is 0 Å². The van der Waals surface area contributed by atoms with E-state index in [1.165, 1.54) is 25.3 Å². The molecule has 2 N–H and O–H groups in total. The van der Waals surface area contributed by atoms with Gasteiger partial charge in [0.2, 0.25) is 0 Å². The van der Waals surface area contributed by atoms with Crippen molar-refractivity contribution in [2.24, 2.45) is 5.73 Å². The molecule has 0 aromatic heterocycles. The number of esters is 1. The van der Waals surface area contributed by atoms with Gasteiger partial charge < -0.3 is 19.9 Å². The Morgan fingerprint density at radius 1 is 0.766 bits per heavy atom. The predicted octanol–water partition coefficient (Wildman–Crippen LogP) is 9.40. The highest BCUT2D eigenvalue weighted by Gasteiger charge is 2.29. The molecular formula is C37H31BrF3NO5. The minimum atomic E-state index is -4.37. The number of halogens is 4. The van der Waals surface area contributed by atoms with E-state index >= 15 is 0 Å². The molecule has 0 bridgehead atoms. The topological polar surface area (TPSA) is 87.9 Å². The first kappa shape index (κ1) is 34.8. The first-order valence-electron chi connectivity index (χ1n) is 14.4. The van der Waals surface area contributed by atoms with Gasteiger partial charge in [-0.15, -0.1) is 0 Å². The Labute approximate surface area is 279 Å². The maximum absolute atomic E-state index is 12.5. The number of methoxy groups -OCH3 is 1. The zero-order chi connectivity index (χ0) is 33.8. The van der Waals surface area contributed by atoms with Gasteiger partial charge in [0, 0.05) is 16.5 Å². The van der Waals surface area contributed by atoms with Crippen LogP contribution in [-0.2, 0) is 28.7 Å². The van der Waals surface area contributed by atoms with Crippen LogP contribution in [-0.4, -0.2) is 19.0 Å². The van der Waals surface area contributed by atoms with E-state index in [2.05, 4.69) is 32.8 Å². The fraction of sp³-hybridized carbons (Fsp3) is 0.135. The van der Waals surface area contributed by atoms with Crippen LogP contribution in [0.25, 0.3) is 11.1 Å². The van der Waals surface area contributed by atoms with Gasteiger partial charge >= 0.3 is 12.1 Å². The average molecular weight is 707 g/mol. The van der Waals surface area contributed by atoms with Crippen molar-refractivity contribution in [3.05, 3.63) is 148 Å². The Morgan fingerprint density at radius 2 is 1.40 bits per heavy atom. The summed E-state index contributed by atoms with van der Waals surface area (Å²) in [6.07, 6.45) is -3.30. The first-order chi connectivity index (χ1) is 22.5. The van der Waals surface area contributed by atoms with Crippen molar-refractivity contribution in [3.63, 3.8) is 0 Å². The zero-order valence-corrected chi connectivity index (χ0v) is 26.9. The summed E-state index contributed by atoms with van der Waals surface area (Å²) in [6.45, 7) is 0.0278. The lowest BCUT2D eigenvalue weighted by Crippen LogP contribution is -2.13. The van der Waals surface area contributed by atoms with Crippen LogP contribution in [0.4, 0.5) is 13.2 Å². The second kappa shape index (κ2) is 16.5. The Morgan fingerprint density at radius 3 is 2.04 bits per heavy atom. The largest absolute Gasteiger partial charge is 0.488 e. The SMILES string of the molecule is COC(=O)CCc1ccc(-c2ccccc2Oc2ccccc2)cc1.NC(=O)c1cc(Br)ccc1OCc1ccc(C(F)(F)F)cc1. The van der Waals surface area contributed by atoms with Crippen molar-refractivity contribution in [1.29, 1.82) is 0 Å². The van der Waals surface area contributed by atoms with E-state index in [1.807, 2.05) is 66.7 Å². The standard InChI is InChI=1S/C22H20O3.C15H11BrF3NO2/c1-24-22(23)16-13-17-11-14-18(15-12-17)20-9-5-6-10-21(20)25-19-7-3-2-4-8-19;16-11-5-6-13(12(7-11)14(20)21)22-8-9-1-3-10(4-2-9)15(17,18)19/h2-12,14-15H,13,16H2,1H3;1-7H,8H2,(H2,20,21). The number of hydrogen-bond acceptors (Lipinski definition) is 5. The Bertz CT molecular complexity index is 1780. The quantitative estimate of drug-likeness (QED) is 0.146. The van der Waals surface area contributed by atoms with Crippen molar-refractivity contribution < 1.29 is 37.0 Å². The maximum atomic E-state index is 12.5. The summed E-state index contributed by atoms with van der Waals surface area (Å²) in [5.41, 5.74) is 8.49. The van der Waals surface area contributed by atoms with Gasteiger partial charge in [-0.25, -0.2) is 0 Å². The third-order valence-corrected chi connectivity index (χ3v) is 7.34. The highest BCUT2D eigenvalue weighted by molar-refractivity contribution is 9.10. The number of ether oxygens (including phenoxy) is 3. The molecule has 0 saturated carbocycles. The van der Waals surface area contributed by atoms with Crippen molar-refractivity contribution in [2.45, 2.75) is 25.6 Å². The van der Waals surface area contributed by atoms with E-state index in [9.17, 15) is 22.8 Å². The highest BCUT2D eigenvalue weighted by Crippen LogP contribution is 2.33. The number of carbonyl (C=O) groups excluding carboxylic acids is 2. The van der Waals surface area contributed by atoms with Crippen LogP contribution < -0.4 is 15.2 Å². The molecule has 5 aromatic carbocycles. The molecule has 6 nitrogen and oxygen atoms in total. The number of alkyl halides is 3. The molecule has 0 saturated heterocycles. The van der Waals surface area contributed by atoms with E-state index in [0.717, 1.165) is 40.3 Å². The minimum Gasteiger partial charge on any atom is -0.488 e. The molecule has 0 aliphatic rings. The molecule has 0 atom stereocenters. The van der Waals surface area contributed by atoms with Crippen LogP contribution >= 0.6 is 15.9 Å². The molecule has 242 valence electrons. The smallest absolute Gasteiger partial charge is 0.416 e. The maximum Gasteiger partial charge on any atom is 0.416 e. The number of para-hydroxylation sites is 2. The number of carbonyl (C=O) groups is 2. The third-order valence-electron chi connectivity index (χ3n) is 6.85. The molecule has 5 aromatic rings. The Balaban J connectivity index is 0.000000215. The lowest BCUT2D eigenvalue weighted by atomic mass is 10.0. The van der Waals surface area contributed by atoms with Crippen molar-refractivity contribution in [1.82, 2.24) is 0 Å². The zero-order valence-electron chi connectivity index (χ0n) is 25.3. The van der Waals surface area contributed by atoms with Gasteiger partial charge in [0.05, 0.1) is 18.2 Å². The second-order valence-electron chi connectivity index (χ2n) is 10.2. The van der Waals surface area contributed by atoms with Gasteiger partial charge in [0.1, 0.15) is 23.9 Å². The van der Waals surface area contributed by atoms with Gasteiger partial charge in [-0.05, 0) is 71.6 Å². The number of primary amides is 1. The molecule has 0 unspecified atom stereocenters. The van der Waals surface area contributed by atoms with E-state index in [-0.39, 0.29) is 23.9 Å². The number of benzene rings is 5. The molecule has 0 aliphatic heterocycles. The molecule has 0 spiro atoms. The summed E-state index contributed by atoms with van der Waals surface area (Å²) >= 11 is 3.22. The van der Waals surface area contributed by atoms with Crippen molar-refractivity contribution in [2.75, 3.05) is 7.11 Å². The summed E-state index contributed by atoms with van der Waals surface area (Å²) in [7, 11) is 1.41. The van der Waals surface area contributed by atoms with Gasteiger partial charge in [0.25, 0.3) is 5.91 Å². The molecule has 5 rings (SSSR count). The second-order valence-corrected chi connectivity index (χ2v) is 11.1. The summed E-state index contributed by atoms with van der Waals surface area (Å²) in [4.78, 5) is 22.6. The fourth-order valence-corrected chi connectivity index (χ4v) is 4.74. The molecular weight excluding hydrogens is 675 g/mol. The Hall–Kier alpha value is -5.09. The molecule has 0 radical (unpaired) electrons. The molecule has 1 amide bonds. The number of rotatable bonds is 10. The molecule has 47 heavy (non-hydrogen) atoms. The van der Waals surface area contributed by atoms with E-state index < -0.39 is 17.6 Å². The van der Waals surface area contributed by atoms with Crippen LogP contribution in [0.3, 0.4) is 0 Å². The number of amides is 1. The third kappa shape index (κ3) is 10.5. The number of aryl methyl sites for hydroxylation is 1. The minimum absolute atomic E-state index is 0.0278. The van der Waals surface area contributed by atoms with Crippen LogP contribution in [0.2, 0.25) is 0 Å². The summed E-state index contributed by atoms with van der Waals surface area (Å²) in [5.74, 6) is 1.06. The lowest BCUT2D eigenvalue weighted by Gasteiger charge is -2.12. The van der Waals surface area contributed by atoms with Crippen LogP contribution in [0.1, 0.15) is 33.5 Å². The fourth-order valence-electron chi connectivity index (χ4n) is 4.38. The van der Waals surface area contributed by atoms with Gasteiger partial charge in [-0.2, -0.15) is 13.2 Å². The molecule has 0 fully saturated rings. The Kier molecular flexibility index (Phi) is 12.2. The highest BCUT2D eigenvalue weighted by atomic mass is 79.9. The van der Waals surface area contributed by atoms with Gasteiger partial charge in [0.15, 0.2) is 0 Å². The molecule has 0 aliphatic carbocycles. The summed E-state index contributed by atoms with van der Waals surface area (Å²) in [5, 5.41) is 0. The summed E-state index contributed by atoms with van der Waals surface area (Å²) < 4.78 is 54.2. The molecule has 10 heteroatoms. The van der Waals surface area contributed by atoms with E-state index in [1.54, 1.807) is 12.1 Å². The lowest BCUT2D eigenvalue weighted by molar-refractivity contribution is -0.140. The number of hydrogen-bond donors (Lipinski definition) is 1. The van der Waals surface area contributed by atoms with Crippen LogP contribution in [0.5, 0.6) is 17.2 Å². The van der Waals surface area contributed by atoms with Crippen molar-refractivity contribution in [3.8, 4) is 28.4 Å². The average Bonchev–Trinajstić information content (AvgIpc) is 3.07. The summed E-state index contributed by atoms with van der Waals surface area (Å²) in [6, 6.07) is 35.3. The van der Waals surface area contributed by atoms with E-state index in [4.69, 9.17) is 15.2 Å². The molecule has 0 heterocycles. The van der Waals surface area contributed by atoms with Gasteiger partial charge in [-0.1, -0.05) is 88.7 Å². The van der Waals surface area contributed by atoms with E-state index in [0.29, 0.717) is 22.9 Å².